The summed E-state index contributed by atoms with van der Waals surface area (Å²) >= 11 is 0. The maximum atomic E-state index is 11.3. The topological polar surface area (TPSA) is 113 Å². The number of phosphoric ester groups is 1. The zero-order chi connectivity index (χ0) is 13.3. The zero-order valence-corrected chi connectivity index (χ0v) is 10.9. The van der Waals surface area contributed by atoms with E-state index >= 15 is 0 Å². The zero-order valence-electron chi connectivity index (χ0n) is 9.10. The van der Waals surface area contributed by atoms with Crippen LogP contribution in [0.3, 0.4) is 0 Å². The average molecular weight is 282 g/mol. The predicted octanol–water partition coefficient (Wildman–Crippen LogP) is 1.89. The van der Waals surface area contributed by atoms with E-state index in [1.165, 1.54) is 6.07 Å². The largest absolute Gasteiger partial charge is 0.536 e. The Bertz CT molecular complexity index is 507. The Labute approximate surface area is 97.9 Å². The molecule has 0 aromatic heterocycles. The molecular weight excluding hydrogens is 270 g/mol. The third kappa shape index (κ3) is 5.00. The van der Waals surface area contributed by atoms with Crippen molar-refractivity contribution >= 4 is 15.6 Å². The molecule has 96 valence electrons. The number of rotatable bonds is 4. The molecule has 1 unspecified atom stereocenters. The lowest BCUT2D eigenvalue weighted by Gasteiger charge is -2.14. The highest BCUT2D eigenvalue weighted by Gasteiger charge is 2.34. The summed E-state index contributed by atoms with van der Waals surface area (Å²) in [5.74, 6) is 0.0230. The van der Waals surface area contributed by atoms with E-state index in [9.17, 15) is 9.13 Å². The molecule has 0 bridgehead atoms. The molecule has 1 aromatic carbocycles. The van der Waals surface area contributed by atoms with Crippen molar-refractivity contribution in [1.29, 1.82) is 0 Å². The van der Waals surface area contributed by atoms with Crippen LogP contribution >= 0.6 is 15.6 Å². The van der Waals surface area contributed by atoms with Gasteiger partial charge in [0, 0.05) is 0 Å². The molecule has 0 fully saturated rings. The summed E-state index contributed by atoms with van der Waals surface area (Å²) in [4.78, 5) is 26.0. The van der Waals surface area contributed by atoms with Crippen molar-refractivity contribution in [2.24, 2.45) is 0 Å². The molecule has 0 heterocycles. The van der Waals surface area contributed by atoms with Gasteiger partial charge in [0.2, 0.25) is 0 Å². The first kappa shape index (κ1) is 14.4. The fourth-order valence-corrected chi connectivity index (χ4v) is 2.84. The Balaban J connectivity index is 2.90. The number of aryl methyl sites for hydroxylation is 2. The van der Waals surface area contributed by atoms with Gasteiger partial charge in [0.1, 0.15) is 5.75 Å². The van der Waals surface area contributed by atoms with Crippen molar-refractivity contribution in [2.75, 3.05) is 0 Å². The lowest BCUT2D eigenvalue weighted by Crippen LogP contribution is -1.97. The number of phosphoric acid groups is 2. The summed E-state index contributed by atoms with van der Waals surface area (Å²) in [5, 5.41) is 0. The van der Waals surface area contributed by atoms with E-state index in [-0.39, 0.29) is 5.75 Å². The summed E-state index contributed by atoms with van der Waals surface area (Å²) in [6.07, 6.45) is 0. The molecule has 0 aliphatic rings. The van der Waals surface area contributed by atoms with Gasteiger partial charge in [-0.25, -0.2) is 9.13 Å². The van der Waals surface area contributed by atoms with Crippen molar-refractivity contribution in [3.63, 3.8) is 0 Å². The van der Waals surface area contributed by atoms with Crippen LogP contribution in [0.2, 0.25) is 0 Å². The third-order valence-corrected chi connectivity index (χ3v) is 3.86. The molecule has 0 radical (unpaired) electrons. The molecule has 0 aliphatic heterocycles. The van der Waals surface area contributed by atoms with E-state index in [2.05, 4.69) is 8.83 Å². The molecule has 0 aliphatic carbocycles. The molecule has 0 spiro atoms. The van der Waals surface area contributed by atoms with Gasteiger partial charge in [0.05, 0.1) is 0 Å². The Morgan fingerprint density at radius 3 is 2.18 bits per heavy atom. The van der Waals surface area contributed by atoms with Crippen LogP contribution in [-0.2, 0) is 13.4 Å². The molecule has 3 N–H and O–H groups in total. The van der Waals surface area contributed by atoms with Crippen LogP contribution in [-0.4, -0.2) is 14.7 Å². The van der Waals surface area contributed by atoms with E-state index in [0.717, 1.165) is 5.56 Å². The minimum absolute atomic E-state index is 0.0230. The second-order valence-corrected chi connectivity index (χ2v) is 6.16. The van der Waals surface area contributed by atoms with Crippen LogP contribution in [0.15, 0.2) is 18.2 Å². The van der Waals surface area contributed by atoms with Gasteiger partial charge in [0.25, 0.3) is 0 Å². The molecule has 1 rings (SSSR count). The van der Waals surface area contributed by atoms with Crippen molar-refractivity contribution in [3.8, 4) is 5.75 Å². The highest BCUT2D eigenvalue weighted by Crippen LogP contribution is 2.57. The molecule has 0 saturated carbocycles. The van der Waals surface area contributed by atoms with Gasteiger partial charge in [-0.05, 0) is 25.5 Å². The lowest BCUT2D eigenvalue weighted by molar-refractivity contribution is 0.229. The Hall–Kier alpha value is -0.680. The number of benzene rings is 1. The molecule has 9 heteroatoms. The number of hydrogen-bond donors (Lipinski definition) is 3. The summed E-state index contributed by atoms with van der Waals surface area (Å²) in [7, 11) is -9.93. The quantitative estimate of drug-likeness (QED) is 0.722. The van der Waals surface area contributed by atoms with E-state index in [1.54, 1.807) is 19.1 Å². The molecule has 17 heavy (non-hydrogen) atoms. The summed E-state index contributed by atoms with van der Waals surface area (Å²) < 4.78 is 29.9. The fourth-order valence-electron chi connectivity index (χ4n) is 1.18. The van der Waals surface area contributed by atoms with E-state index in [4.69, 9.17) is 14.7 Å². The summed E-state index contributed by atoms with van der Waals surface area (Å²) in [6, 6.07) is 4.73. The molecule has 7 nitrogen and oxygen atoms in total. The standard InChI is InChI=1S/C8H12O7P2/c1-6-3-4-8(7(2)5-6)14-17(12,13)15-16(9,10)11/h3-5H,1-2H3,(H,12,13)(H2,9,10,11). The van der Waals surface area contributed by atoms with Gasteiger partial charge in [-0.1, -0.05) is 17.7 Å². The van der Waals surface area contributed by atoms with Crippen LogP contribution in [0, 0.1) is 13.8 Å². The minimum atomic E-state index is -5.09. The van der Waals surface area contributed by atoms with Gasteiger partial charge >= 0.3 is 15.6 Å². The monoisotopic (exact) mass is 282 g/mol. The SMILES string of the molecule is Cc1ccc(OP(=O)(O)OP(=O)(O)O)c(C)c1. The van der Waals surface area contributed by atoms with E-state index in [0.29, 0.717) is 5.56 Å². The Kier molecular flexibility index (Phi) is 4.15. The van der Waals surface area contributed by atoms with Gasteiger partial charge < -0.3 is 14.3 Å². The second-order valence-electron chi connectivity index (χ2n) is 3.40. The van der Waals surface area contributed by atoms with Crippen molar-refractivity contribution in [2.45, 2.75) is 13.8 Å². The Morgan fingerprint density at radius 1 is 1.12 bits per heavy atom. The van der Waals surface area contributed by atoms with Crippen LogP contribution in [0.4, 0.5) is 0 Å². The summed E-state index contributed by atoms with van der Waals surface area (Å²) in [5.41, 5.74) is 1.46. The molecular formula is C8H12O7P2. The van der Waals surface area contributed by atoms with Crippen LogP contribution in [0.1, 0.15) is 11.1 Å². The van der Waals surface area contributed by atoms with Crippen molar-refractivity contribution < 1.29 is 32.6 Å². The highest BCUT2D eigenvalue weighted by atomic mass is 31.3. The maximum Gasteiger partial charge on any atom is 0.536 e. The van der Waals surface area contributed by atoms with Gasteiger partial charge in [-0.15, -0.1) is 0 Å². The van der Waals surface area contributed by atoms with Crippen LogP contribution < -0.4 is 4.52 Å². The number of hydrogen-bond acceptors (Lipinski definition) is 4. The third-order valence-electron chi connectivity index (χ3n) is 1.75. The van der Waals surface area contributed by atoms with E-state index in [1.807, 2.05) is 6.92 Å². The van der Waals surface area contributed by atoms with Gasteiger partial charge in [-0.2, -0.15) is 4.31 Å². The molecule has 1 aromatic rings. The molecule has 0 amide bonds. The lowest BCUT2D eigenvalue weighted by atomic mass is 10.1. The predicted molar refractivity (Wildman–Crippen MR) is 59.5 cm³/mol. The van der Waals surface area contributed by atoms with Crippen molar-refractivity contribution in [1.82, 2.24) is 0 Å². The maximum absolute atomic E-state index is 11.3. The van der Waals surface area contributed by atoms with Gasteiger partial charge in [0.15, 0.2) is 0 Å². The minimum Gasteiger partial charge on any atom is -0.404 e. The second kappa shape index (κ2) is 4.90. The first-order valence-corrected chi connectivity index (χ1v) is 7.48. The molecule has 0 saturated heterocycles. The highest BCUT2D eigenvalue weighted by molar-refractivity contribution is 7.60. The van der Waals surface area contributed by atoms with Crippen LogP contribution in [0.25, 0.3) is 0 Å². The molecule has 1 atom stereocenters. The Morgan fingerprint density at radius 2 is 1.71 bits per heavy atom. The van der Waals surface area contributed by atoms with E-state index < -0.39 is 15.6 Å². The fraction of sp³-hybridized carbons (Fsp3) is 0.250. The average Bonchev–Trinajstić information content (AvgIpc) is 2.05. The summed E-state index contributed by atoms with van der Waals surface area (Å²) in [6.45, 7) is 3.45. The van der Waals surface area contributed by atoms with Crippen molar-refractivity contribution in [3.05, 3.63) is 29.3 Å². The van der Waals surface area contributed by atoms with Crippen LogP contribution in [0.5, 0.6) is 5.75 Å². The first-order valence-electron chi connectivity index (χ1n) is 4.46. The first-order chi connectivity index (χ1) is 7.59. The smallest absolute Gasteiger partial charge is 0.404 e. The normalized spacial score (nSPS) is 15.4. The van der Waals surface area contributed by atoms with Gasteiger partial charge in [-0.3, -0.25) is 4.89 Å².